The van der Waals surface area contributed by atoms with Gasteiger partial charge in [0.25, 0.3) is 5.91 Å². The Labute approximate surface area is 215 Å². The van der Waals surface area contributed by atoms with Crippen molar-refractivity contribution < 1.29 is 14.0 Å². The first-order chi connectivity index (χ1) is 17.5. The van der Waals surface area contributed by atoms with Crippen molar-refractivity contribution in [2.75, 3.05) is 44.2 Å². The van der Waals surface area contributed by atoms with Gasteiger partial charge in [-0.05, 0) is 48.9 Å². The van der Waals surface area contributed by atoms with Crippen LogP contribution in [0.15, 0.2) is 60.7 Å². The third-order valence-electron chi connectivity index (χ3n) is 6.24. The number of aromatic nitrogens is 2. The fourth-order valence-electron chi connectivity index (χ4n) is 4.13. The summed E-state index contributed by atoms with van der Waals surface area (Å²) in [4.78, 5) is 31.4. The predicted molar refractivity (Wildman–Crippen MR) is 138 cm³/mol. The molecule has 0 unspecified atom stereocenters. The van der Waals surface area contributed by atoms with Gasteiger partial charge < -0.3 is 14.7 Å². The molecule has 2 aromatic carbocycles. The van der Waals surface area contributed by atoms with Crippen LogP contribution in [0.5, 0.6) is 0 Å². The molecule has 188 valence electrons. The molecule has 0 atom stereocenters. The minimum Gasteiger partial charge on any atom is -0.352 e. The molecule has 3 aromatic rings. The fourth-order valence-corrected chi connectivity index (χ4v) is 4.36. The van der Waals surface area contributed by atoms with E-state index in [0.717, 1.165) is 24.2 Å². The summed E-state index contributed by atoms with van der Waals surface area (Å²) in [6.07, 6.45) is 1.69. The molecule has 1 aliphatic rings. The number of rotatable bonds is 8. The highest BCUT2D eigenvalue weighted by Crippen LogP contribution is 2.26. The summed E-state index contributed by atoms with van der Waals surface area (Å²) >= 11 is 6.26. The smallest absolute Gasteiger partial charge is 0.254 e. The van der Waals surface area contributed by atoms with Crippen molar-refractivity contribution in [3.8, 4) is 11.3 Å². The molecule has 0 bridgehead atoms. The van der Waals surface area contributed by atoms with E-state index in [4.69, 9.17) is 11.6 Å². The summed E-state index contributed by atoms with van der Waals surface area (Å²) in [6, 6.07) is 16.7. The van der Waals surface area contributed by atoms with Crippen molar-refractivity contribution >= 4 is 29.2 Å². The maximum atomic E-state index is 13.3. The van der Waals surface area contributed by atoms with Gasteiger partial charge in [0.05, 0.1) is 10.7 Å². The van der Waals surface area contributed by atoms with E-state index in [1.165, 1.54) is 24.3 Å². The highest BCUT2D eigenvalue weighted by atomic mass is 35.5. The van der Waals surface area contributed by atoms with E-state index in [-0.39, 0.29) is 18.4 Å². The standard InChI is InChI=1S/C27H29ClFN5O2/c1-2-3-14-34(27(36)20-8-10-21(29)11-9-20)19-26(35)33-17-15-32(16-18-33)25-13-12-24(30-31-25)22-6-4-5-7-23(22)28/h4-13H,2-3,14-19H2,1H3. The van der Waals surface area contributed by atoms with Gasteiger partial charge in [-0.3, -0.25) is 9.59 Å². The van der Waals surface area contributed by atoms with Crippen molar-refractivity contribution in [3.63, 3.8) is 0 Å². The maximum absolute atomic E-state index is 13.3. The summed E-state index contributed by atoms with van der Waals surface area (Å²) in [5.74, 6) is -0.0107. The highest BCUT2D eigenvalue weighted by molar-refractivity contribution is 6.33. The molecular formula is C27H29ClFN5O2. The Balaban J connectivity index is 1.35. The number of nitrogens with zero attached hydrogens (tertiary/aromatic N) is 5. The highest BCUT2D eigenvalue weighted by Gasteiger charge is 2.26. The Morgan fingerprint density at radius 2 is 1.69 bits per heavy atom. The Kier molecular flexibility index (Phi) is 8.48. The number of carbonyl (C=O) groups is 2. The van der Waals surface area contributed by atoms with E-state index in [1.807, 2.05) is 43.3 Å². The Morgan fingerprint density at radius 3 is 2.33 bits per heavy atom. The number of unbranched alkanes of at least 4 members (excludes halogenated alkanes) is 1. The first-order valence-corrected chi connectivity index (χ1v) is 12.5. The molecule has 4 rings (SSSR count). The van der Waals surface area contributed by atoms with E-state index in [0.29, 0.717) is 49.0 Å². The van der Waals surface area contributed by atoms with E-state index in [1.54, 1.807) is 9.80 Å². The quantitative estimate of drug-likeness (QED) is 0.446. The summed E-state index contributed by atoms with van der Waals surface area (Å²) in [7, 11) is 0. The molecule has 0 spiro atoms. The molecule has 1 saturated heterocycles. The van der Waals surface area contributed by atoms with Gasteiger partial charge >= 0.3 is 0 Å². The molecule has 2 heterocycles. The molecule has 1 aromatic heterocycles. The molecule has 0 aliphatic carbocycles. The first-order valence-electron chi connectivity index (χ1n) is 12.1. The second-order valence-corrected chi connectivity index (χ2v) is 9.12. The summed E-state index contributed by atoms with van der Waals surface area (Å²) in [5, 5.41) is 9.33. The van der Waals surface area contributed by atoms with E-state index >= 15 is 0 Å². The van der Waals surface area contributed by atoms with Crippen LogP contribution in [0, 0.1) is 5.82 Å². The fraction of sp³-hybridized carbons (Fsp3) is 0.333. The number of halogens is 2. The first kappa shape index (κ1) is 25.6. The molecule has 36 heavy (non-hydrogen) atoms. The van der Waals surface area contributed by atoms with Crippen LogP contribution in [0.25, 0.3) is 11.3 Å². The van der Waals surface area contributed by atoms with Crippen LogP contribution in [0.3, 0.4) is 0 Å². The van der Waals surface area contributed by atoms with Crippen LogP contribution >= 0.6 is 11.6 Å². The molecule has 7 nitrogen and oxygen atoms in total. The minimum absolute atomic E-state index is 0.00253. The molecular weight excluding hydrogens is 481 g/mol. The van der Waals surface area contributed by atoms with Gasteiger partial charge in [0.15, 0.2) is 5.82 Å². The average molecular weight is 510 g/mol. The number of piperazine rings is 1. The monoisotopic (exact) mass is 509 g/mol. The maximum Gasteiger partial charge on any atom is 0.254 e. The molecule has 0 radical (unpaired) electrons. The van der Waals surface area contributed by atoms with Crippen LogP contribution in [0.2, 0.25) is 5.02 Å². The van der Waals surface area contributed by atoms with Crippen molar-refractivity contribution in [1.82, 2.24) is 20.0 Å². The zero-order valence-corrected chi connectivity index (χ0v) is 21.0. The average Bonchev–Trinajstić information content (AvgIpc) is 2.91. The van der Waals surface area contributed by atoms with Crippen LogP contribution in [-0.2, 0) is 4.79 Å². The molecule has 1 aliphatic heterocycles. The molecule has 1 fully saturated rings. The minimum atomic E-state index is -0.399. The lowest BCUT2D eigenvalue weighted by Gasteiger charge is -2.36. The van der Waals surface area contributed by atoms with Gasteiger partial charge in [0, 0.05) is 43.9 Å². The van der Waals surface area contributed by atoms with Gasteiger partial charge in [-0.2, -0.15) is 0 Å². The van der Waals surface area contributed by atoms with Gasteiger partial charge in [-0.15, -0.1) is 10.2 Å². The second-order valence-electron chi connectivity index (χ2n) is 8.71. The topological polar surface area (TPSA) is 69.6 Å². The van der Waals surface area contributed by atoms with Crippen molar-refractivity contribution in [2.45, 2.75) is 19.8 Å². The van der Waals surface area contributed by atoms with E-state index < -0.39 is 5.82 Å². The van der Waals surface area contributed by atoms with Gasteiger partial charge in [-0.1, -0.05) is 43.1 Å². The van der Waals surface area contributed by atoms with Gasteiger partial charge in [-0.25, -0.2) is 4.39 Å². The lowest BCUT2D eigenvalue weighted by molar-refractivity contribution is -0.132. The largest absolute Gasteiger partial charge is 0.352 e. The second kappa shape index (κ2) is 11.9. The van der Waals surface area contributed by atoms with Crippen LogP contribution < -0.4 is 4.90 Å². The Bertz CT molecular complexity index is 1180. The van der Waals surface area contributed by atoms with Crippen molar-refractivity contribution in [1.29, 1.82) is 0 Å². The lowest BCUT2D eigenvalue weighted by atomic mass is 10.1. The number of anilines is 1. The number of carbonyl (C=O) groups excluding carboxylic acids is 2. The van der Waals surface area contributed by atoms with E-state index in [9.17, 15) is 14.0 Å². The number of hydrogen-bond acceptors (Lipinski definition) is 5. The third-order valence-corrected chi connectivity index (χ3v) is 6.57. The zero-order valence-electron chi connectivity index (χ0n) is 20.2. The Hall–Kier alpha value is -3.52. The van der Waals surface area contributed by atoms with Crippen LogP contribution in [-0.4, -0.2) is 71.1 Å². The Morgan fingerprint density at radius 1 is 0.972 bits per heavy atom. The molecule has 0 N–H and O–H groups in total. The number of benzene rings is 2. The van der Waals surface area contributed by atoms with Gasteiger partial charge in [0.2, 0.25) is 5.91 Å². The summed E-state index contributed by atoms with van der Waals surface area (Å²) < 4.78 is 13.3. The number of hydrogen-bond donors (Lipinski definition) is 0. The zero-order chi connectivity index (χ0) is 25.5. The predicted octanol–water partition coefficient (Wildman–Crippen LogP) is 4.53. The third kappa shape index (κ3) is 6.18. The van der Waals surface area contributed by atoms with E-state index in [2.05, 4.69) is 15.1 Å². The normalized spacial score (nSPS) is 13.5. The van der Waals surface area contributed by atoms with Crippen molar-refractivity contribution in [3.05, 3.63) is 77.1 Å². The molecule has 2 amide bonds. The lowest BCUT2D eigenvalue weighted by Crippen LogP contribution is -2.52. The van der Waals surface area contributed by atoms with Crippen LogP contribution in [0.4, 0.5) is 10.2 Å². The molecule has 0 saturated carbocycles. The van der Waals surface area contributed by atoms with Crippen LogP contribution in [0.1, 0.15) is 30.1 Å². The van der Waals surface area contributed by atoms with Gasteiger partial charge in [0.1, 0.15) is 12.4 Å². The summed E-state index contributed by atoms with van der Waals surface area (Å²) in [6.45, 7) is 4.80. The SMILES string of the molecule is CCCCN(CC(=O)N1CCN(c2ccc(-c3ccccc3Cl)nn2)CC1)C(=O)c1ccc(F)cc1. The van der Waals surface area contributed by atoms with Crippen molar-refractivity contribution in [2.24, 2.45) is 0 Å². The summed E-state index contributed by atoms with van der Waals surface area (Å²) in [5.41, 5.74) is 1.91. The molecule has 9 heteroatoms. The number of amides is 2.